The third-order valence-electron chi connectivity index (χ3n) is 4.33. The van der Waals surface area contributed by atoms with Crippen LogP contribution in [0.2, 0.25) is 0 Å². The Morgan fingerprint density at radius 3 is 2.59 bits per heavy atom. The highest BCUT2D eigenvalue weighted by atomic mass is 16.4. The Morgan fingerprint density at radius 2 is 1.78 bits per heavy atom. The molecule has 0 bridgehead atoms. The lowest BCUT2D eigenvalue weighted by Crippen LogP contribution is -2.10. The van der Waals surface area contributed by atoms with Crippen LogP contribution < -0.4 is 5.63 Å². The fourth-order valence-corrected chi connectivity index (χ4v) is 2.98. The molecule has 0 N–H and O–H groups in total. The largest absolute Gasteiger partial charge is 0.464 e. The molecule has 130 valence electrons. The van der Waals surface area contributed by atoms with Crippen molar-refractivity contribution in [3.63, 3.8) is 0 Å². The number of rotatable bonds is 3. The fraction of sp³-hybridized carbons (Fsp3) is 0. The van der Waals surface area contributed by atoms with Gasteiger partial charge in [-0.15, -0.1) is 5.10 Å². The summed E-state index contributed by atoms with van der Waals surface area (Å²) < 4.78 is 12.3. The van der Waals surface area contributed by atoms with Crippen molar-refractivity contribution < 1.29 is 8.83 Å². The molecule has 0 saturated heterocycles. The van der Waals surface area contributed by atoms with Gasteiger partial charge in [-0.25, -0.2) is 9.48 Å². The molecular weight excluding hydrogens is 342 g/mol. The molecule has 6 heteroatoms. The van der Waals surface area contributed by atoms with E-state index < -0.39 is 5.63 Å². The molecule has 0 aliphatic heterocycles. The van der Waals surface area contributed by atoms with Gasteiger partial charge < -0.3 is 8.83 Å². The van der Waals surface area contributed by atoms with Crippen molar-refractivity contribution in [2.45, 2.75) is 0 Å². The summed E-state index contributed by atoms with van der Waals surface area (Å²) in [5.74, 6) is 0.715. The maximum absolute atomic E-state index is 12.5. The van der Waals surface area contributed by atoms with Gasteiger partial charge in [-0.2, -0.15) is 0 Å². The normalized spacial score (nSPS) is 11.1. The van der Waals surface area contributed by atoms with E-state index in [4.69, 9.17) is 8.83 Å². The van der Waals surface area contributed by atoms with E-state index in [0.717, 1.165) is 16.5 Å². The summed E-state index contributed by atoms with van der Waals surface area (Å²) in [6, 6.07) is 20.7. The van der Waals surface area contributed by atoms with Gasteiger partial charge in [-0.3, -0.25) is 0 Å². The fourth-order valence-electron chi connectivity index (χ4n) is 2.98. The van der Waals surface area contributed by atoms with Gasteiger partial charge in [0.1, 0.15) is 17.0 Å². The van der Waals surface area contributed by atoms with Crippen molar-refractivity contribution in [1.82, 2.24) is 15.0 Å². The van der Waals surface area contributed by atoms with Gasteiger partial charge >= 0.3 is 5.63 Å². The Kier molecular flexibility index (Phi) is 3.47. The topological polar surface area (TPSA) is 74.1 Å². The molecule has 0 amide bonds. The summed E-state index contributed by atoms with van der Waals surface area (Å²) in [5, 5.41) is 9.02. The number of benzene rings is 2. The van der Waals surface area contributed by atoms with Crippen LogP contribution in [0.4, 0.5) is 0 Å². The predicted octanol–water partition coefficient (Wildman–Crippen LogP) is 4.30. The standard InChI is InChI=1S/C21H13N3O3/c25-21-18(24-13-17(22-23-24)14-5-2-1-3-6-14)11-15-8-9-16(12-20(15)27-21)19-7-4-10-26-19/h1-13H. The van der Waals surface area contributed by atoms with Gasteiger partial charge in [0.25, 0.3) is 0 Å². The first-order chi connectivity index (χ1) is 13.3. The predicted molar refractivity (Wildman–Crippen MR) is 101 cm³/mol. The third-order valence-corrected chi connectivity index (χ3v) is 4.33. The molecule has 5 aromatic rings. The van der Waals surface area contributed by atoms with Crippen molar-refractivity contribution in [3.8, 4) is 28.3 Å². The lowest BCUT2D eigenvalue weighted by atomic mass is 10.1. The second-order valence-electron chi connectivity index (χ2n) is 6.06. The SMILES string of the molecule is O=c1oc2cc(-c3ccco3)ccc2cc1-n1cc(-c2ccccc2)nn1. The summed E-state index contributed by atoms with van der Waals surface area (Å²) >= 11 is 0. The summed E-state index contributed by atoms with van der Waals surface area (Å²) in [7, 11) is 0. The van der Waals surface area contributed by atoms with Crippen LogP contribution in [0.15, 0.2) is 92.8 Å². The van der Waals surface area contributed by atoms with E-state index in [2.05, 4.69) is 10.3 Å². The average Bonchev–Trinajstić information content (AvgIpc) is 3.40. The van der Waals surface area contributed by atoms with E-state index >= 15 is 0 Å². The minimum atomic E-state index is -0.483. The lowest BCUT2D eigenvalue weighted by Gasteiger charge is -2.03. The van der Waals surface area contributed by atoms with Crippen LogP contribution in [0.1, 0.15) is 0 Å². The van der Waals surface area contributed by atoms with E-state index in [1.165, 1.54) is 4.68 Å². The molecule has 6 nitrogen and oxygen atoms in total. The lowest BCUT2D eigenvalue weighted by molar-refractivity contribution is 0.550. The quantitative estimate of drug-likeness (QED) is 0.451. The van der Waals surface area contributed by atoms with E-state index in [0.29, 0.717) is 22.7 Å². The molecule has 0 aliphatic carbocycles. The number of nitrogens with zero attached hydrogens (tertiary/aromatic N) is 3. The molecular formula is C21H13N3O3. The van der Waals surface area contributed by atoms with Crippen LogP contribution in [-0.2, 0) is 0 Å². The highest BCUT2D eigenvalue weighted by Crippen LogP contribution is 2.25. The zero-order chi connectivity index (χ0) is 18.2. The number of aromatic nitrogens is 3. The molecule has 0 spiro atoms. The number of fused-ring (bicyclic) bond motifs is 1. The second kappa shape index (κ2) is 6.10. The molecule has 0 saturated carbocycles. The van der Waals surface area contributed by atoms with Crippen molar-refractivity contribution in [2.75, 3.05) is 0 Å². The van der Waals surface area contributed by atoms with E-state index in [1.54, 1.807) is 24.6 Å². The maximum atomic E-state index is 12.5. The number of hydrogen-bond donors (Lipinski definition) is 0. The second-order valence-corrected chi connectivity index (χ2v) is 6.06. The Balaban J connectivity index is 1.58. The van der Waals surface area contributed by atoms with Gasteiger partial charge in [0.15, 0.2) is 5.69 Å². The average molecular weight is 355 g/mol. The van der Waals surface area contributed by atoms with E-state index in [1.807, 2.05) is 54.6 Å². The molecule has 0 radical (unpaired) electrons. The Labute approximate surface area is 153 Å². The molecule has 0 aliphatic rings. The van der Waals surface area contributed by atoms with E-state index in [-0.39, 0.29) is 0 Å². The molecule has 0 unspecified atom stereocenters. The highest BCUT2D eigenvalue weighted by molar-refractivity contribution is 5.83. The molecule has 27 heavy (non-hydrogen) atoms. The van der Waals surface area contributed by atoms with Crippen LogP contribution >= 0.6 is 0 Å². The number of furan rings is 1. The molecule has 3 heterocycles. The van der Waals surface area contributed by atoms with Gasteiger partial charge in [-0.05, 0) is 24.3 Å². The van der Waals surface area contributed by atoms with Crippen molar-refractivity contribution in [1.29, 1.82) is 0 Å². The van der Waals surface area contributed by atoms with Gasteiger partial charge in [0, 0.05) is 16.5 Å². The van der Waals surface area contributed by atoms with Crippen LogP contribution in [0.3, 0.4) is 0 Å². The highest BCUT2D eigenvalue weighted by Gasteiger charge is 2.12. The van der Waals surface area contributed by atoms with E-state index in [9.17, 15) is 4.79 Å². The first-order valence-electron chi connectivity index (χ1n) is 8.38. The first-order valence-corrected chi connectivity index (χ1v) is 8.38. The van der Waals surface area contributed by atoms with Crippen molar-refractivity contribution in [2.24, 2.45) is 0 Å². The maximum Gasteiger partial charge on any atom is 0.362 e. The van der Waals surface area contributed by atoms with Crippen LogP contribution in [0.5, 0.6) is 0 Å². The van der Waals surface area contributed by atoms with Crippen molar-refractivity contribution >= 4 is 11.0 Å². The molecule has 2 aromatic carbocycles. The van der Waals surface area contributed by atoms with Crippen LogP contribution in [-0.4, -0.2) is 15.0 Å². The molecule has 3 aromatic heterocycles. The molecule has 0 fully saturated rings. The summed E-state index contributed by atoms with van der Waals surface area (Å²) in [4.78, 5) is 12.5. The summed E-state index contributed by atoms with van der Waals surface area (Å²) in [5.41, 5.74) is 2.77. The minimum Gasteiger partial charge on any atom is -0.464 e. The van der Waals surface area contributed by atoms with Gasteiger partial charge in [-0.1, -0.05) is 47.7 Å². The Bertz CT molecular complexity index is 1290. The zero-order valence-electron chi connectivity index (χ0n) is 14.1. The third kappa shape index (κ3) is 2.73. The summed E-state index contributed by atoms with van der Waals surface area (Å²) in [6.45, 7) is 0. The summed E-state index contributed by atoms with van der Waals surface area (Å²) in [6.07, 6.45) is 3.32. The van der Waals surface area contributed by atoms with Crippen LogP contribution in [0, 0.1) is 0 Å². The minimum absolute atomic E-state index is 0.308. The Morgan fingerprint density at radius 1 is 0.889 bits per heavy atom. The smallest absolute Gasteiger partial charge is 0.362 e. The number of hydrogen-bond acceptors (Lipinski definition) is 5. The molecule has 5 rings (SSSR count). The first kappa shape index (κ1) is 15.3. The monoisotopic (exact) mass is 355 g/mol. The van der Waals surface area contributed by atoms with Crippen molar-refractivity contribution in [3.05, 3.63) is 89.6 Å². The zero-order valence-corrected chi connectivity index (χ0v) is 14.1. The van der Waals surface area contributed by atoms with Gasteiger partial charge in [0.05, 0.1) is 12.5 Å². The molecule has 0 atom stereocenters. The van der Waals surface area contributed by atoms with Crippen LogP contribution in [0.25, 0.3) is 39.2 Å². The Hall–Kier alpha value is -3.93. The van der Waals surface area contributed by atoms with Gasteiger partial charge in [0.2, 0.25) is 0 Å².